The Morgan fingerprint density at radius 2 is 1.54 bits per heavy atom. The molecule has 3 aromatic carbocycles. The predicted octanol–water partition coefficient (Wildman–Crippen LogP) is 3.89. The number of aromatic carboxylic acids is 1. The molecule has 0 unspecified atom stereocenters. The summed E-state index contributed by atoms with van der Waals surface area (Å²) < 4.78 is 0. The third-order valence-electron chi connectivity index (χ3n) is 3.54. The molecule has 0 saturated carbocycles. The molecule has 0 atom stereocenters. The van der Waals surface area contributed by atoms with Crippen molar-refractivity contribution in [3.05, 3.63) is 66.2 Å². The quantitative estimate of drug-likeness (QED) is 0.588. The van der Waals surface area contributed by atoms with Gasteiger partial charge in [0.15, 0.2) is 0 Å². The molecule has 24 heavy (non-hydrogen) atoms. The molecule has 0 spiro atoms. The molecule has 6 heteroatoms. The summed E-state index contributed by atoms with van der Waals surface area (Å²) >= 11 is 0. The van der Waals surface area contributed by atoms with E-state index in [4.69, 9.17) is 5.11 Å². The Kier molecular flexibility index (Phi) is 4.03. The molecule has 0 aliphatic carbocycles. The fourth-order valence-corrected chi connectivity index (χ4v) is 2.43. The number of fused-ring (bicyclic) bond motifs is 1. The van der Waals surface area contributed by atoms with Gasteiger partial charge in [0, 0.05) is 16.5 Å². The summed E-state index contributed by atoms with van der Waals surface area (Å²) in [6.45, 7) is 0. The van der Waals surface area contributed by atoms with E-state index >= 15 is 0 Å². The minimum Gasteiger partial charge on any atom is -0.506 e. The van der Waals surface area contributed by atoms with Crippen LogP contribution in [0.1, 0.15) is 10.4 Å². The van der Waals surface area contributed by atoms with Gasteiger partial charge in [0.25, 0.3) is 0 Å². The topological polar surface area (TPSA) is 98.7 Å². The van der Waals surface area contributed by atoms with Crippen LogP contribution < -0.4 is 10.6 Å². The average Bonchev–Trinajstić information content (AvgIpc) is 2.56. The van der Waals surface area contributed by atoms with Gasteiger partial charge in [-0.2, -0.15) is 0 Å². The SMILES string of the molecule is O=C(Nc1ccccc1)Nc1cccc2c(O)c(C(=O)O)ccc12. The molecule has 0 heterocycles. The first kappa shape index (κ1) is 15.4. The van der Waals surface area contributed by atoms with Crippen molar-refractivity contribution in [2.45, 2.75) is 0 Å². The van der Waals surface area contributed by atoms with E-state index in [2.05, 4.69) is 10.6 Å². The first-order valence-electron chi connectivity index (χ1n) is 7.17. The summed E-state index contributed by atoms with van der Waals surface area (Å²) in [5.41, 5.74) is 0.924. The number of anilines is 2. The third kappa shape index (κ3) is 2.98. The van der Waals surface area contributed by atoms with Crippen LogP contribution in [0.4, 0.5) is 16.2 Å². The first-order valence-corrected chi connectivity index (χ1v) is 7.17. The zero-order chi connectivity index (χ0) is 17.1. The first-order chi connectivity index (χ1) is 11.6. The van der Waals surface area contributed by atoms with Crippen LogP contribution in [-0.4, -0.2) is 22.2 Å². The Bertz CT molecular complexity index is 923. The lowest BCUT2D eigenvalue weighted by Gasteiger charge is -2.11. The standard InChI is InChI=1S/C18H14N2O4/c21-16-13-7-4-8-15(12(13)9-10-14(16)17(22)23)20-18(24)19-11-5-2-1-3-6-11/h1-10,21H,(H,22,23)(H2,19,20,24). The van der Waals surface area contributed by atoms with E-state index in [0.29, 0.717) is 22.1 Å². The summed E-state index contributed by atoms with van der Waals surface area (Å²) in [5.74, 6) is -1.54. The van der Waals surface area contributed by atoms with Gasteiger partial charge in [0.05, 0.1) is 5.69 Å². The van der Waals surface area contributed by atoms with Crippen LogP contribution in [0.25, 0.3) is 10.8 Å². The third-order valence-corrected chi connectivity index (χ3v) is 3.54. The van der Waals surface area contributed by atoms with Crippen molar-refractivity contribution in [2.24, 2.45) is 0 Å². The smallest absolute Gasteiger partial charge is 0.339 e. The summed E-state index contributed by atoms with van der Waals surface area (Å²) in [5, 5.41) is 25.5. The van der Waals surface area contributed by atoms with E-state index in [-0.39, 0.29) is 11.3 Å². The number of phenols is 1. The monoisotopic (exact) mass is 322 g/mol. The maximum Gasteiger partial charge on any atom is 0.339 e. The van der Waals surface area contributed by atoms with E-state index in [0.717, 1.165) is 0 Å². The number of nitrogens with one attached hydrogen (secondary N) is 2. The van der Waals surface area contributed by atoms with Gasteiger partial charge in [0.2, 0.25) is 0 Å². The van der Waals surface area contributed by atoms with Crippen LogP contribution in [0.2, 0.25) is 0 Å². The number of hydrogen-bond acceptors (Lipinski definition) is 3. The Morgan fingerprint density at radius 3 is 2.25 bits per heavy atom. The zero-order valence-corrected chi connectivity index (χ0v) is 12.5. The maximum atomic E-state index is 12.1. The number of hydrogen-bond donors (Lipinski definition) is 4. The second-order valence-electron chi connectivity index (χ2n) is 5.11. The van der Waals surface area contributed by atoms with Crippen LogP contribution in [0, 0.1) is 0 Å². The Labute approximate surface area is 137 Å². The van der Waals surface area contributed by atoms with Crippen molar-refractivity contribution in [3.63, 3.8) is 0 Å². The number of para-hydroxylation sites is 1. The van der Waals surface area contributed by atoms with E-state index in [1.54, 1.807) is 48.5 Å². The molecule has 0 aliphatic rings. The molecule has 0 aromatic heterocycles. The van der Waals surface area contributed by atoms with E-state index in [9.17, 15) is 14.7 Å². The number of carboxylic acids is 1. The molecule has 0 bridgehead atoms. The van der Waals surface area contributed by atoms with Crippen molar-refractivity contribution in [1.82, 2.24) is 0 Å². The van der Waals surface area contributed by atoms with Gasteiger partial charge in [-0.3, -0.25) is 0 Å². The van der Waals surface area contributed by atoms with E-state index in [1.807, 2.05) is 6.07 Å². The number of urea groups is 1. The number of carbonyl (C=O) groups excluding carboxylic acids is 1. The second kappa shape index (κ2) is 6.29. The Balaban J connectivity index is 1.91. The van der Waals surface area contributed by atoms with E-state index < -0.39 is 12.0 Å². The molecular formula is C18H14N2O4. The zero-order valence-electron chi connectivity index (χ0n) is 12.5. The highest BCUT2D eigenvalue weighted by molar-refractivity contribution is 6.09. The largest absolute Gasteiger partial charge is 0.506 e. The van der Waals surface area contributed by atoms with Gasteiger partial charge < -0.3 is 20.8 Å². The van der Waals surface area contributed by atoms with Crippen molar-refractivity contribution < 1.29 is 19.8 Å². The van der Waals surface area contributed by atoms with Crippen molar-refractivity contribution in [2.75, 3.05) is 10.6 Å². The highest BCUT2D eigenvalue weighted by Crippen LogP contribution is 2.33. The summed E-state index contributed by atoms with van der Waals surface area (Å²) in [7, 11) is 0. The minimum absolute atomic E-state index is 0.187. The van der Waals surface area contributed by atoms with Crippen molar-refractivity contribution >= 4 is 34.1 Å². The molecule has 3 rings (SSSR count). The normalized spacial score (nSPS) is 10.3. The highest BCUT2D eigenvalue weighted by Gasteiger charge is 2.14. The molecule has 0 fully saturated rings. The van der Waals surface area contributed by atoms with Gasteiger partial charge in [0.1, 0.15) is 11.3 Å². The lowest BCUT2D eigenvalue weighted by atomic mass is 10.0. The predicted molar refractivity (Wildman–Crippen MR) is 91.7 cm³/mol. The maximum absolute atomic E-state index is 12.1. The van der Waals surface area contributed by atoms with Crippen LogP contribution >= 0.6 is 0 Å². The van der Waals surface area contributed by atoms with Gasteiger partial charge >= 0.3 is 12.0 Å². The lowest BCUT2D eigenvalue weighted by Crippen LogP contribution is -2.19. The van der Waals surface area contributed by atoms with Gasteiger partial charge in [-0.1, -0.05) is 36.4 Å². The molecular weight excluding hydrogens is 308 g/mol. The fourth-order valence-electron chi connectivity index (χ4n) is 2.43. The van der Waals surface area contributed by atoms with Crippen molar-refractivity contribution in [3.8, 4) is 5.75 Å². The molecule has 6 nitrogen and oxygen atoms in total. The molecule has 120 valence electrons. The van der Waals surface area contributed by atoms with Crippen LogP contribution in [0.5, 0.6) is 5.75 Å². The lowest BCUT2D eigenvalue weighted by molar-refractivity contribution is 0.0694. The average molecular weight is 322 g/mol. The molecule has 2 amide bonds. The van der Waals surface area contributed by atoms with Gasteiger partial charge in [-0.25, -0.2) is 9.59 Å². The highest BCUT2D eigenvalue weighted by atomic mass is 16.4. The molecule has 4 N–H and O–H groups in total. The molecule has 0 aliphatic heterocycles. The van der Waals surface area contributed by atoms with Gasteiger partial charge in [-0.05, 0) is 24.3 Å². The number of carboxylic acid groups (broad SMARTS) is 1. The van der Waals surface area contributed by atoms with Crippen LogP contribution in [0.3, 0.4) is 0 Å². The Hall–Kier alpha value is -3.54. The number of benzene rings is 3. The number of amides is 2. The number of rotatable bonds is 3. The van der Waals surface area contributed by atoms with Crippen molar-refractivity contribution in [1.29, 1.82) is 0 Å². The summed E-state index contributed by atoms with van der Waals surface area (Å²) in [6, 6.07) is 16.3. The molecule has 0 saturated heterocycles. The van der Waals surface area contributed by atoms with Crippen LogP contribution in [0.15, 0.2) is 60.7 Å². The summed E-state index contributed by atoms with van der Waals surface area (Å²) in [4.78, 5) is 23.2. The second-order valence-corrected chi connectivity index (χ2v) is 5.11. The fraction of sp³-hybridized carbons (Fsp3) is 0. The number of aromatic hydroxyl groups is 1. The van der Waals surface area contributed by atoms with Gasteiger partial charge in [-0.15, -0.1) is 0 Å². The Morgan fingerprint density at radius 1 is 0.792 bits per heavy atom. The number of carbonyl (C=O) groups is 2. The molecule has 3 aromatic rings. The summed E-state index contributed by atoms with van der Waals surface area (Å²) in [6.07, 6.45) is 0. The minimum atomic E-state index is -1.21. The molecule has 0 radical (unpaired) electrons. The van der Waals surface area contributed by atoms with Crippen LogP contribution in [-0.2, 0) is 0 Å². The van der Waals surface area contributed by atoms with E-state index in [1.165, 1.54) is 6.07 Å².